The molecule has 1 saturated carbocycles. The zero-order valence-electron chi connectivity index (χ0n) is 24.8. The van der Waals surface area contributed by atoms with Gasteiger partial charge in [-0.05, 0) is 75.8 Å². The number of aromatic hydroxyl groups is 1. The lowest BCUT2D eigenvalue weighted by atomic mass is 9.95. The van der Waals surface area contributed by atoms with Gasteiger partial charge in [-0.3, -0.25) is 14.4 Å². The van der Waals surface area contributed by atoms with Gasteiger partial charge in [0, 0.05) is 12.5 Å². The van der Waals surface area contributed by atoms with E-state index >= 15 is 0 Å². The van der Waals surface area contributed by atoms with Crippen LogP contribution in [0.25, 0.3) is 0 Å². The van der Waals surface area contributed by atoms with E-state index in [1.807, 2.05) is 39.0 Å². The average molecular weight is 568 g/mol. The van der Waals surface area contributed by atoms with Crippen LogP contribution in [0.4, 0.5) is 4.79 Å². The molecule has 0 aromatic heterocycles. The molecule has 0 aliphatic heterocycles. The highest BCUT2D eigenvalue weighted by atomic mass is 16.6. The number of phenolic OH excluding ortho intramolecular Hbond substituents is 1. The van der Waals surface area contributed by atoms with Gasteiger partial charge >= 0.3 is 12.1 Å². The van der Waals surface area contributed by atoms with Crippen LogP contribution >= 0.6 is 0 Å². The van der Waals surface area contributed by atoms with Crippen molar-refractivity contribution in [3.63, 3.8) is 0 Å². The van der Waals surface area contributed by atoms with Gasteiger partial charge in [0.25, 0.3) is 0 Å². The van der Waals surface area contributed by atoms with Gasteiger partial charge in [0.15, 0.2) is 0 Å². The molecule has 4 unspecified atom stereocenters. The van der Waals surface area contributed by atoms with Crippen molar-refractivity contribution < 1.29 is 33.8 Å². The van der Waals surface area contributed by atoms with Crippen LogP contribution in [0.1, 0.15) is 62.4 Å². The molecule has 41 heavy (non-hydrogen) atoms. The quantitative estimate of drug-likeness (QED) is 0.373. The van der Waals surface area contributed by atoms with Crippen molar-refractivity contribution in [2.45, 2.75) is 78.1 Å². The Bertz CT molecular complexity index is 1270. The van der Waals surface area contributed by atoms with Crippen LogP contribution in [0, 0.1) is 19.8 Å². The van der Waals surface area contributed by atoms with E-state index in [0.717, 1.165) is 11.1 Å². The Hall–Kier alpha value is -4.08. The summed E-state index contributed by atoms with van der Waals surface area (Å²) < 4.78 is 10.2. The third kappa shape index (κ3) is 8.70. The molecule has 0 bridgehead atoms. The van der Waals surface area contributed by atoms with Crippen LogP contribution in [0.3, 0.4) is 0 Å². The molecule has 2 aromatic rings. The van der Waals surface area contributed by atoms with E-state index in [-0.39, 0.29) is 30.7 Å². The number of esters is 1. The fourth-order valence-electron chi connectivity index (χ4n) is 4.67. The lowest BCUT2D eigenvalue weighted by Crippen LogP contribution is -2.55. The number of hydrogen-bond acceptors (Lipinski definition) is 7. The first-order valence-corrected chi connectivity index (χ1v) is 13.7. The number of amides is 3. The molecular formula is C31H41N3O7. The van der Waals surface area contributed by atoms with Crippen LogP contribution < -0.4 is 10.6 Å². The molecule has 3 N–H and O–H groups in total. The molecule has 0 saturated heterocycles. The number of rotatable bonds is 10. The molecule has 2 aromatic carbocycles. The molecule has 3 amide bonds. The molecule has 1 aliphatic carbocycles. The highest BCUT2D eigenvalue weighted by Crippen LogP contribution is 2.41. The van der Waals surface area contributed by atoms with Crippen molar-refractivity contribution in [1.29, 1.82) is 0 Å². The smallest absolute Gasteiger partial charge is 0.408 e. The third-order valence-corrected chi connectivity index (χ3v) is 6.93. The second-order valence-electron chi connectivity index (χ2n) is 11.7. The topological polar surface area (TPSA) is 134 Å². The van der Waals surface area contributed by atoms with Crippen molar-refractivity contribution in [1.82, 2.24) is 15.5 Å². The number of ether oxygens (including phenoxy) is 2. The summed E-state index contributed by atoms with van der Waals surface area (Å²) in [6.45, 7) is 10.6. The SMILES string of the molecule is COC(=O)CNC(=O)C(c1cc(C)ccc1C)N(C(=O)C(Cc1ccc(O)cc1)NC(=O)OC(C)(C)C)C1CC1C. The zero-order chi connectivity index (χ0) is 30.5. The largest absolute Gasteiger partial charge is 0.508 e. The molecule has 222 valence electrons. The van der Waals surface area contributed by atoms with Crippen LogP contribution in [-0.4, -0.2) is 65.2 Å². The molecule has 3 rings (SSSR count). The summed E-state index contributed by atoms with van der Waals surface area (Å²) in [6, 6.07) is 9.61. The zero-order valence-corrected chi connectivity index (χ0v) is 24.8. The predicted octanol–water partition coefficient (Wildman–Crippen LogP) is 3.71. The van der Waals surface area contributed by atoms with Crippen molar-refractivity contribution >= 4 is 23.9 Å². The number of benzene rings is 2. The second kappa shape index (κ2) is 13.1. The summed E-state index contributed by atoms with van der Waals surface area (Å²) >= 11 is 0. The molecular weight excluding hydrogens is 526 g/mol. The van der Waals surface area contributed by atoms with E-state index in [0.29, 0.717) is 17.5 Å². The van der Waals surface area contributed by atoms with Crippen molar-refractivity contribution in [2.24, 2.45) is 5.92 Å². The minimum atomic E-state index is -1.08. The number of alkyl carbamates (subject to hydrolysis) is 1. The van der Waals surface area contributed by atoms with E-state index in [2.05, 4.69) is 10.6 Å². The first kappa shape index (κ1) is 31.4. The van der Waals surface area contributed by atoms with Gasteiger partial charge in [-0.2, -0.15) is 0 Å². The number of carbonyl (C=O) groups excluding carboxylic acids is 4. The maximum atomic E-state index is 14.5. The van der Waals surface area contributed by atoms with E-state index < -0.39 is 41.6 Å². The van der Waals surface area contributed by atoms with Crippen molar-refractivity contribution in [3.05, 3.63) is 64.7 Å². The van der Waals surface area contributed by atoms with Crippen LogP contribution in [0.2, 0.25) is 0 Å². The predicted molar refractivity (Wildman–Crippen MR) is 153 cm³/mol. The number of carbonyl (C=O) groups is 4. The Balaban J connectivity index is 2.07. The number of nitrogens with zero attached hydrogens (tertiary/aromatic N) is 1. The summed E-state index contributed by atoms with van der Waals surface area (Å²) in [6.07, 6.45) is 0.00602. The fraction of sp³-hybridized carbons (Fsp3) is 0.484. The van der Waals surface area contributed by atoms with E-state index in [4.69, 9.17) is 9.47 Å². The Kier molecular flexibility index (Phi) is 10.0. The van der Waals surface area contributed by atoms with Crippen molar-refractivity contribution in [2.75, 3.05) is 13.7 Å². The highest BCUT2D eigenvalue weighted by Gasteiger charge is 2.48. The minimum absolute atomic E-state index is 0.0717. The number of aryl methyl sites for hydroxylation is 2. The van der Waals surface area contributed by atoms with Crippen LogP contribution in [0.15, 0.2) is 42.5 Å². The summed E-state index contributed by atoms with van der Waals surface area (Å²) in [5, 5.41) is 15.1. The number of phenols is 1. The second-order valence-corrected chi connectivity index (χ2v) is 11.7. The average Bonchev–Trinajstić information content (AvgIpc) is 3.62. The molecule has 1 fully saturated rings. The lowest BCUT2D eigenvalue weighted by molar-refractivity contribution is -0.145. The van der Waals surface area contributed by atoms with Crippen molar-refractivity contribution in [3.8, 4) is 5.75 Å². The molecule has 0 radical (unpaired) electrons. The summed E-state index contributed by atoms with van der Waals surface area (Å²) in [4.78, 5) is 54.6. The van der Waals surface area contributed by atoms with Gasteiger partial charge in [-0.1, -0.05) is 42.8 Å². The van der Waals surface area contributed by atoms with Gasteiger partial charge in [-0.15, -0.1) is 0 Å². The van der Waals surface area contributed by atoms with E-state index in [1.54, 1.807) is 37.8 Å². The standard InChI is InChI=1S/C31H41N3O7/c1-18-8-9-19(2)23(14-18)27(28(37)32-17-26(36)40-7)34(25-15-20(25)3)29(38)24(33-30(39)41-31(4,5)6)16-21-10-12-22(35)13-11-21/h8-14,20,24-25,27,35H,15-17H2,1-7H3,(H,32,37)(H,33,39). The Morgan fingerprint density at radius 3 is 2.27 bits per heavy atom. The summed E-state index contributed by atoms with van der Waals surface area (Å²) in [5.41, 5.74) is 2.23. The monoisotopic (exact) mass is 567 g/mol. The normalized spacial score (nSPS) is 17.5. The molecule has 0 spiro atoms. The molecule has 10 nitrogen and oxygen atoms in total. The molecule has 0 heterocycles. The van der Waals surface area contributed by atoms with Gasteiger partial charge in [0.2, 0.25) is 11.8 Å². The molecule has 4 atom stereocenters. The van der Waals surface area contributed by atoms with Gasteiger partial charge in [0.1, 0.15) is 30.0 Å². The first-order chi connectivity index (χ1) is 19.2. The molecule has 10 heteroatoms. The Morgan fingerprint density at radius 2 is 1.71 bits per heavy atom. The highest BCUT2D eigenvalue weighted by molar-refractivity contribution is 5.94. The fourth-order valence-corrected chi connectivity index (χ4v) is 4.67. The van der Waals surface area contributed by atoms with Gasteiger partial charge < -0.3 is 30.1 Å². The van der Waals surface area contributed by atoms with E-state index in [1.165, 1.54) is 19.2 Å². The van der Waals surface area contributed by atoms with Gasteiger partial charge in [-0.25, -0.2) is 4.79 Å². The maximum absolute atomic E-state index is 14.5. The Labute approximate surface area is 241 Å². The maximum Gasteiger partial charge on any atom is 0.408 e. The summed E-state index contributed by atoms with van der Waals surface area (Å²) in [7, 11) is 1.23. The Morgan fingerprint density at radius 1 is 1.07 bits per heavy atom. The first-order valence-electron chi connectivity index (χ1n) is 13.7. The summed E-state index contributed by atoms with van der Waals surface area (Å²) in [5.74, 6) is -1.42. The third-order valence-electron chi connectivity index (χ3n) is 6.93. The number of hydrogen-bond donors (Lipinski definition) is 3. The van der Waals surface area contributed by atoms with Gasteiger partial charge in [0.05, 0.1) is 7.11 Å². The molecule has 1 aliphatic rings. The number of nitrogens with one attached hydrogen (secondary N) is 2. The van der Waals surface area contributed by atoms with Crippen LogP contribution in [0.5, 0.6) is 5.75 Å². The number of methoxy groups -OCH3 is 1. The minimum Gasteiger partial charge on any atom is -0.508 e. The van der Waals surface area contributed by atoms with Crippen LogP contribution in [-0.2, 0) is 30.3 Å². The lowest BCUT2D eigenvalue weighted by Gasteiger charge is -2.35. The van der Waals surface area contributed by atoms with E-state index in [9.17, 15) is 24.3 Å².